The number of aliphatic carboxylic acids is 1. The summed E-state index contributed by atoms with van der Waals surface area (Å²) in [6.45, 7) is 0. The van der Waals surface area contributed by atoms with Crippen LogP contribution < -0.4 is 0 Å². The maximum absolute atomic E-state index is 12.7. The lowest BCUT2D eigenvalue weighted by Gasteiger charge is -2.34. The first-order valence-corrected chi connectivity index (χ1v) is 9.44. The molecule has 2 saturated heterocycles. The van der Waals surface area contributed by atoms with Gasteiger partial charge in [0, 0.05) is 12.5 Å². The minimum atomic E-state index is -0.808. The molecule has 1 amide bonds. The summed E-state index contributed by atoms with van der Waals surface area (Å²) in [6.07, 6.45) is 7.87. The van der Waals surface area contributed by atoms with E-state index < -0.39 is 12.0 Å². The monoisotopic (exact) mass is 311 g/mol. The Morgan fingerprint density at radius 1 is 1.10 bits per heavy atom. The van der Waals surface area contributed by atoms with E-state index in [0.717, 1.165) is 43.6 Å². The van der Waals surface area contributed by atoms with E-state index in [1.54, 1.807) is 4.90 Å². The number of hydrogen-bond donors (Lipinski definition) is 1. The predicted molar refractivity (Wildman–Crippen MR) is 83.3 cm³/mol. The van der Waals surface area contributed by atoms with Gasteiger partial charge >= 0.3 is 5.97 Å². The molecular formula is C16H25NO3S. The zero-order chi connectivity index (χ0) is 14.8. The van der Waals surface area contributed by atoms with E-state index in [2.05, 4.69) is 0 Å². The smallest absolute Gasteiger partial charge is 0.326 e. The van der Waals surface area contributed by atoms with E-state index in [1.165, 1.54) is 6.42 Å². The highest BCUT2D eigenvalue weighted by atomic mass is 32.2. The van der Waals surface area contributed by atoms with E-state index >= 15 is 0 Å². The van der Waals surface area contributed by atoms with Gasteiger partial charge in [-0.1, -0.05) is 12.8 Å². The molecule has 3 fully saturated rings. The van der Waals surface area contributed by atoms with E-state index in [1.807, 2.05) is 11.8 Å². The second-order valence-corrected chi connectivity index (χ2v) is 7.99. The van der Waals surface area contributed by atoms with Crippen LogP contribution in [0.2, 0.25) is 0 Å². The molecule has 2 aliphatic heterocycles. The number of carboxylic acids is 1. The van der Waals surface area contributed by atoms with Gasteiger partial charge in [0.25, 0.3) is 0 Å². The lowest BCUT2D eigenvalue weighted by atomic mass is 9.84. The number of nitrogens with zero attached hydrogens (tertiary/aromatic N) is 1. The van der Waals surface area contributed by atoms with E-state index in [-0.39, 0.29) is 11.9 Å². The quantitative estimate of drug-likeness (QED) is 0.871. The van der Waals surface area contributed by atoms with Gasteiger partial charge in [-0.15, -0.1) is 0 Å². The van der Waals surface area contributed by atoms with Crippen LogP contribution in [0.15, 0.2) is 0 Å². The number of amides is 1. The Balaban J connectivity index is 1.69. The Morgan fingerprint density at radius 2 is 1.81 bits per heavy atom. The zero-order valence-corrected chi connectivity index (χ0v) is 13.3. The average Bonchev–Trinajstić information content (AvgIpc) is 2.88. The molecule has 1 N–H and O–H groups in total. The average molecular weight is 311 g/mol. The Bertz CT molecular complexity index is 408. The third-order valence-electron chi connectivity index (χ3n) is 5.47. The first kappa shape index (κ1) is 15.2. The molecule has 118 valence electrons. The van der Waals surface area contributed by atoms with E-state index in [4.69, 9.17) is 0 Å². The molecule has 2 heterocycles. The highest BCUT2D eigenvalue weighted by Crippen LogP contribution is 2.40. The third kappa shape index (κ3) is 3.22. The minimum absolute atomic E-state index is 0.105. The number of hydrogen-bond acceptors (Lipinski definition) is 3. The fraction of sp³-hybridized carbons (Fsp3) is 0.875. The second kappa shape index (κ2) is 6.59. The largest absolute Gasteiger partial charge is 0.480 e. The van der Waals surface area contributed by atoms with Crippen molar-refractivity contribution in [1.29, 1.82) is 0 Å². The number of carbonyl (C=O) groups is 2. The molecule has 3 rings (SSSR count). The molecule has 1 saturated carbocycles. The van der Waals surface area contributed by atoms with Crippen molar-refractivity contribution in [2.75, 3.05) is 11.5 Å². The van der Waals surface area contributed by atoms with Crippen molar-refractivity contribution in [3.8, 4) is 0 Å². The van der Waals surface area contributed by atoms with Crippen LogP contribution in [0, 0.1) is 11.8 Å². The number of thioether (sulfide) groups is 1. The molecule has 0 aromatic carbocycles. The first-order chi connectivity index (χ1) is 10.2. The molecule has 21 heavy (non-hydrogen) atoms. The van der Waals surface area contributed by atoms with Crippen molar-refractivity contribution in [3.05, 3.63) is 0 Å². The highest BCUT2D eigenvalue weighted by Gasteiger charge is 2.47. The molecule has 5 heteroatoms. The maximum Gasteiger partial charge on any atom is 0.326 e. The van der Waals surface area contributed by atoms with Gasteiger partial charge in [-0.25, -0.2) is 4.79 Å². The fourth-order valence-electron chi connectivity index (χ4n) is 4.34. The zero-order valence-electron chi connectivity index (χ0n) is 12.5. The normalized spacial score (nSPS) is 33.7. The summed E-state index contributed by atoms with van der Waals surface area (Å²) >= 11 is 1.96. The Kier molecular flexibility index (Phi) is 4.77. The third-order valence-corrected chi connectivity index (χ3v) is 6.51. The van der Waals surface area contributed by atoms with Gasteiger partial charge in [0.05, 0.1) is 0 Å². The SMILES string of the molecule is O=C(O)[C@@H]1C[C@@H]2CCCC[C@H]2N1C(=O)CC1CCSCC1. The number of carbonyl (C=O) groups excluding carboxylic acids is 1. The van der Waals surface area contributed by atoms with Gasteiger partial charge < -0.3 is 10.0 Å². The van der Waals surface area contributed by atoms with Crippen molar-refractivity contribution < 1.29 is 14.7 Å². The standard InChI is InChI=1S/C16H25NO3S/c18-15(9-11-5-7-21-8-6-11)17-13-4-2-1-3-12(13)10-14(17)16(19)20/h11-14H,1-10H2,(H,19,20)/t12-,13+,14-/m0/s1. The number of rotatable bonds is 3. The molecule has 3 atom stereocenters. The summed E-state index contributed by atoms with van der Waals surface area (Å²) in [7, 11) is 0. The molecule has 4 nitrogen and oxygen atoms in total. The molecule has 0 bridgehead atoms. The summed E-state index contributed by atoms with van der Waals surface area (Å²) in [4.78, 5) is 26.1. The van der Waals surface area contributed by atoms with Crippen LogP contribution in [0.3, 0.4) is 0 Å². The molecule has 0 unspecified atom stereocenters. The van der Waals surface area contributed by atoms with Crippen LogP contribution in [-0.4, -0.2) is 45.5 Å². The van der Waals surface area contributed by atoms with Gasteiger partial charge in [0.2, 0.25) is 5.91 Å². The Morgan fingerprint density at radius 3 is 2.52 bits per heavy atom. The summed E-state index contributed by atoms with van der Waals surface area (Å²) < 4.78 is 0. The molecule has 1 aliphatic carbocycles. The van der Waals surface area contributed by atoms with Gasteiger partial charge in [0.1, 0.15) is 6.04 Å². The fourth-order valence-corrected chi connectivity index (χ4v) is 5.55. The van der Waals surface area contributed by atoms with Crippen molar-refractivity contribution >= 4 is 23.6 Å². The summed E-state index contributed by atoms with van der Waals surface area (Å²) in [5.41, 5.74) is 0. The van der Waals surface area contributed by atoms with Gasteiger partial charge in [-0.3, -0.25) is 4.79 Å². The summed E-state index contributed by atoms with van der Waals surface area (Å²) in [6, 6.07) is -0.367. The van der Waals surface area contributed by atoms with Crippen molar-refractivity contribution in [3.63, 3.8) is 0 Å². The van der Waals surface area contributed by atoms with Gasteiger partial charge in [0.15, 0.2) is 0 Å². The molecule has 0 radical (unpaired) electrons. The number of carboxylic acid groups (broad SMARTS) is 1. The van der Waals surface area contributed by atoms with Crippen LogP contribution in [-0.2, 0) is 9.59 Å². The lowest BCUT2D eigenvalue weighted by molar-refractivity contribution is -0.150. The summed E-state index contributed by atoms with van der Waals surface area (Å²) in [5.74, 6) is 2.48. The topological polar surface area (TPSA) is 57.6 Å². The summed E-state index contributed by atoms with van der Waals surface area (Å²) in [5, 5.41) is 9.49. The molecule has 0 spiro atoms. The number of likely N-dealkylation sites (tertiary alicyclic amines) is 1. The molecule has 0 aromatic heterocycles. The Hall–Kier alpha value is -0.710. The van der Waals surface area contributed by atoms with Gasteiger partial charge in [-0.05, 0) is 55.4 Å². The van der Waals surface area contributed by atoms with Crippen LogP contribution in [0.5, 0.6) is 0 Å². The van der Waals surface area contributed by atoms with Crippen LogP contribution in [0.4, 0.5) is 0 Å². The van der Waals surface area contributed by atoms with E-state index in [9.17, 15) is 14.7 Å². The number of fused-ring (bicyclic) bond motifs is 1. The highest BCUT2D eigenvalue weighted by molar-refractivity contribution is 7.99. The van der Waals surface area contributed by atoms with Crippen LogP contribution >= 0.6 is 11.8 Å². The lowest BCUT2D eigenvalue weighted by Crippen LogP contribution is -2.46. The first-order valence-electron chi connectivity index (χ1n) is 8.28. The van der Waals surface area contributed by atoms with Gasteiger partial charge in [-0.2, -0.15) is 11.8 Å². The van der Waals surface area contributed by atoms with Crippen molar-refractivity contribution in [2.45, 2.75) is 63.5 Å². The second-order valence-electron chi connectivity index (χ2n) is 6.76. The maximum atomic E-state index is 12.7. The molecule has 3 aliphatic rings. The molecule has 0 aromatic rings. The van der Waals surface area contributed by atoms with Crippen molar-refractivity contribution in [2.24, 2.45) is 11.8 Å². The molecular weight excluding hydrogens is 286 g/mol. The van der Waals surface area contributed by atoms with Crippen LogP contribution in [0.1, 0.15) is 51.4 Å². The predicted octanol–water partition coefficient (Wildman–Crippen LogP) is 2.76. The van der Waals surface area contributed by atoms with Crippen molar-refractivity contribution in [1.82, 2.24) is 4.90 Å². The minimum Gasteiger partial charge on any atom is -0.480 e. The van der Waals surface area contributed by atoms with E-state index in [0.29, 0.717) is 24.7 Å². The van der Waals surface area contributed by atoms with Crippen LogP contribution in [0.25, 0.3) is 0 Å². The Labute approximate surface area is 130 Å².